The monoisotopic (exact) mass is 609 g/mol. The summed E-state index contributed by atoms with van der Waals surface area (Å²) in [7, 11) is 2.66. The number of benzene rings is 2. The van der Waals surface area contributed by atoms with Crippen molar-refractivity contribution in [2.24, 2.45) is 11.8 Å². The topological polar surface area (TPSA) is 154 Å². The Labute approximate surface area is 258 Å². The minimum Gasteiger partial charge on any atom is -0.481 e. The minimum absolute atomic E-state index is 0.0655. The number of ether oxygens (including phenoxy) is 1. The van der Waals surface area contributed by atoms with E-state index in [9.17, 15) is 34.2 Å². The van der Waals surface area contributed by atoms with E-state index in [1.165, 1.54) is 19.0 Å². The van der Waals surface area contributed by atoms with Gasteiger partial charge in [0.25, 0.3) is 0 Å². The summed E-state index contributed by atoms with van der Waals surface area (Å²) >= 11 is 0. The number of hydrogen-bond acceptors (Lipinski definition) is 6. The molecule has 0 spiro atoms. The predicted molar refractivity (Wildman–Crippen MR) is 164 cm³/mol. The summed E-state index contributed by atoms with van der Waals surface area (Å²) in [5.41, 5.74) is 4.28. The molecule has 0 saturated heterocycles. The third-order valence-corrected chi connectivity index (χ3v) is 8.77. The fourth-order valence-electron chi connectivity index (χ4n) is 5.74. The van der Waals surface area contributed by atoms with Crippen LogP contribution in [0.25, 0.3) is 11.1 Å². The van der Waals surface area contributed by atoms with Crippen molar-refractivity contribution in [2.75, 3.05) is 20.7 Å². The van der Waals surface area contributed by atoms with Gasteiger partial charge in [0.2, 0.25) is 11.8 Å². The van der Waals surface area contributed by atoms with Crippen molar-refractivity contribution in [3.05, 3.63) is 59.7 Å². The van der Waals surface area contributed by atoms with E-state index in [1.54, 1.807) is 13.8 Å². The Morgan fingerprint density at radius 2 is 1.34 bits per heavy atom. The smallest absolute Gasteiger partial charge is 0.407 e. The molecule has 0 radical (unpaired) electrons. The molecule has 44 heavy (non-hydrogen) atoms. The second kappa shape index (κ2) is 14.9. The predicted octanol–water partition coefficient (Wildman–Crippen LogP) is 4.20. The Hall–Kier alpha value is -4.41. The molecular formula is C33H43N3O8. The highest BCUT2D eigenvalue weighted by atomic mass is 16.5. The van der Waals surface area contributed by atoms with Crippen LogP contribution in [0.15, 0.2) is 48.5 Å². The van der Waals surface area contributed by atoms with Crippen LogP contribution in [0.4, 0.5) is 4.79 Å². The Balaban J connectivity index is 1.79. The van der Waals surface area contributed by atoms with Crippen molar-refractivity contribution in [2.45, 2.75) is 71.0 Å². The zero-order valence-corrected chi connectivity index (χ0v) is 26.1. The molecule has 2 aromatic carbocycles. The molecule has 3 rings (SSSR count). The van der Waals surface area contributed by atoms with Gasteiger partial charge in [0, 0.05) is 20.0 Å². The van der Waals surface area contributed by atoms with E-state index in [-0.39, 0.29) is 18.4 Å². The highest BCUT2D eigenvalue weighted by Gasteiger charge is 2.41. The van der Waals surface area contributed by atoms with Gasteiger partial charge in [0.1, 0.15) is 24.7 Å². The van der Waals surface area contributed by atoms with Crippen molar-refractivity contribution in [3.8, 4) is 11.1 Å². The molecule has 0 unspecified atom stereocenters. The average Bonchev–Trinajstić information content (AvgIpc) is 3.33. The van der Waals surface area contributed by atoms with Gasteiger partial charge in [-0.1, -0.05) is 89.1 Å². The lowest BCUT2D eigenvalue weighted by Gasteiger charge is -2.38. The van der Waals surface area contributed by atoms with Gasteiger partial charge in [-0.3, -0.25) is 14.4 Å². The lowest BCUT2D eigenvalue weighted by atomic mass is 9.93. The fourth-order valence-corrected chi connectivity index (χ4v) is 5.74. The van der Waals surface area contributed by atoms with Gasteiger partial charge in [-0.15, -0.1) is 0 Å². The van der Waals surface area contributed by atoms with Crippen LogP contribution in [0.1, 0.15) is 64.0 Å². The number of aliphatic carboxylic acids is 2. The Bertz CT molecular complexity index is 1330. The van der Waals surface area contributed by atoms with Crippen LogP contribution >= 0.6 is 0 Å². The quantitative estimate of drug-likeness (QED) is 0.288. The standard InChI is InChI=1S/C33H43N3O8/c1-7-19(3)28(30(39)36(6)29(20(4)8-2)31(40)35(5)26(32(41)42)17-27(37)38)34-33(43)44-18-25-23-15-11-9-13-21(23)22-14-10-12-16-24(22)25/h9-16,19-20,25-26,28-29H,7-8,17-18H2,1-6H3,(H,34,43)(H,37,38)(H,41,42)/t19-,20-,26-,28-,29-/m0/s1. The molecule has 0 bridgehead atoms. The maximum Gasteiger partial charge on any atom is 0.407 e. The maximum atomic E-state index is 13.9. The third-order valence-electron chi connectivity index (χ3n) is 8.77. The van der Waals surface area contributed by atoms with Gasteiger partial charge in [-0.25, -0.2) is 9.59 Å². The Kier molecular flexibility index (Phi) is 11.5. The third kappa shape index (κ3) is 7.38. The van der Waals surface area contributed by atoms with Crippen LogP contribution in [0.3, 0.4) is 0 Å². The van der Waals surface area contributed by atoms with Gasteiger partial charge in [0.15, 0.2) is 0 Å². The first kappa shape index (κ1) is 34.1. The molecular weight excluding hydrogens is 566 g/mol. The molecule has 2 aromatic rings. The Morgan fingerprint density at radius 3 is 1.82 bits per heavy atom. The molecule has 0 heterocycles. The van der Waals surface area contributed by atoms with E-state index in [1.807, 2.05) is 62.4 Å². The average molecular weight is 610 g/mol. The number of nitrogens with one attached hydrogen (secondary N) is 1. The van der Waals surface area contributed by atoms with E-state index >= 15 is 0 Å². The van der Waals surface area contributed by atoms with Gasteiger partial charge in [-0.2, -0.15) is 0 Å². The van der Waals surface area contributed by atoms with E-state index in [0.717, 1.165) is 27.2 Å². The first-order valence-electron chi connectivity index (χ1n) is 14.9. The molecule has 11 nitrogen and oxygen atoms in total. The number of fused-ring (bicyclic) bond motifs is 3. The van der Waals surface area contributed by atoms with Crippen molar-refractivity contribution < 1.29 is 38.9 Å². The zero-order chi connectivity index (χ0) is 32.7. The Morgan fingerprint density at radius 1 is 0.818 bits per heavy atom. The number of alkyl carbamates (subject to hydrolysis) is 1. The number of carbonyl (C=O) groups is 5. The maximum absolute atomic E-state index is 13.9. The fraction of sp³-hybridized carbons (Fsp3) is 0.485. The number of carbonyl (C=O) groups excluding carboxylic acids is 3. The van der Waals surface area contributed by atoms with Crippen LogP contribution in [-0.2, 0) is 23.9 Å². The van der Waals surface area contributed by atoms with Gasteiger partial charge in [0.05, 0.1) is 6.42 Å². The van der Waals surface area contributed by atoms with Gasteiger partial charge >= 0.3 is 18.0 Å². The number of likely N-dealkylation sites (N-methyl/N-ethyl adjacent to an activating group) is 2. The number of nitrogens with zero attached hydrogens (tertiary/aromatic N) is 2. The second-order valence-electron chi connectivity index (χ2n) is 11.5. The molecule has 0 aromatic heterocycles. The van der Waals surface area contributed by atoms with Crippen LogP contribution in [0.2, 0.25) is 0 Å². The number of carboxylic acids is 2. The molecule has 11 heteroatoms. The van der Waals surface area contributed by atoms with Crippen LogP contribution in [-0.4, -0.2) is 88.7 Å². The summed E-state index contributed by atoms with van der Waals surface area (Å²) in [6, 6.07) is 12.2. The summed E-state index contributed by atoms with van der Waals surface area (Å²) in [6.07, 6.45) is -0.543. The van der Waals surface area contributed by atoms with Gasteiger partial charge < -0.3 is 30.1 Å². The molecule has 0 fully saturated rings. The lowest BCUT2D eigenvalue weighted by Crippen LogP contribution is -2.59. The van der Waals surface area contributed by atoms with Gasteiger partial charge in [-0.05, 0) is 34.1 Å². The highest BCUT2D eigenvalue weighted by molar-refractivity contribution is 5.94. The summed E-state index contributed by atoms with van der Waals surface area (Å²) in [6.45, 7) is 7.33. The highest BCUT2D eigenvalue weighted by Crippen LogP contribution is 2.44. The largest absolute Gasteiger partial charge is 0.481 e. The van der Waals surface area contributed by atoms with E-state index in [2.05, 4.69) is 5.32 Å². The molecule has 0 saturated carbocycles. The van der Waals surface area contributed by atoms with E-state index in [0.29, 0.717) is 12.8 Å². The lowest BCUT2D eigenvalue weighted by molar-refractivity contribution is -0.157. The summed E-state index contributed by atoms with van der Waals surface area (Å²) < 4.78 is 5.69. The summed E-state index contributed by atoms with van der Waals surface area (Å²) in [5, 5.41) is 21.5. The molecule has 0 aliphatic heterocycles. The normalized spacial score (nSPS) is 15.5. The number of rotatable bonds is 14. The first-order valence-corrected chi connectivity index (χ1v) is 14.9. The molecule has 1 aliphatic rings. The minimum atomic E-state index is -1.61. The first-order chi connectivity index (χ1) is 20.8. The summed E-state index contributed by atoms with van der Waals surface area (Å²) in [4.78, 5) is 65.9. The van der Waals surface area contributed by atoms with Crippen molar-refractivity contribution >= 4 is 29.8 Å². The molecule has 3 amide bonds. The number of amides is 3. The SMILES string of the molecule is CC[C@H](C)[C@H](NC(=O)OCC1c2ccccc2-c2ccccc21)C(=O)N(C)[C@H](C(=O)N(C)[C@@H](CC(=O)O)C(=O)O)[C@@H](C)CC. The number of hydrogen-bond donors (Lipinski definition) is 3. The molecule has 238 valence electrons. The van der Waals surface area contributed by atoms with Crippen molar-refractivity contribution in [3.63, 3.8) is 0 Å². The van der Waals surface area contributed by atoms with E-state index < -0.39 is 60.3 Å². The molecule has 3 N–H and O–H groups in total. The molecule has 1 aliphatic carbocycles. The van der Waals surface area contributed by atoms with E-state index in [4.69, 9.17) is 4.74 Å². The summed E-state index contributed by atoms with van der Waals surface area (Å²) in [5.74, 6) is -4.96. The number of carboxylic acid groups (broad SMARTS) is 2. The van der Waals surface area contributed by atoms with Crippen molar-refractivity contribution in [1.82, 2.24) is 15.1 Å². The van der Waals surface area contributed by atoms with Crippen LogP contribution in [0.5, 0.6) is 0 Å². The zero-order valence-electron chi connectivity index (χ0n) is 26.1. The van der Waals surface area contributed by atoms with Crippen molar-refractivity contribution in [1.29, 1.82) is 0 Å². The van der Waals surface area contributed by atoms with Crippen LogP contribution < -0.4 is 5.32 Å². The van der Waals surface area contributed by atoms with Crippen LogP contribution in [0, 0.1) is 11.8 Å². The second-order valence-corrected chi connectivity index (χ2v) is 11.5. The molecule has 5 atom stereocenters.